The second-order valence-electron chi connectivity index (χ2n) is 4.80. The molecular formula is C12H20N4O2. The van der Waals surface area contributed by atoms with Crippen LogP contribution >= 0.6 is 0 Å². The molecule has 1 aromatic rings. The maximum atomic E-state index is 12.3. The van der Waals surface area contributed by atoms with E-state index in [4.69, 9.17) is 4.52 Å². The summed E-state index contributed by atoms with van der Waals surface area (Å²) in [5.74, 6) is 1.15. The molecule has 0 atom stereocenters. The number of nitrogens with one attached hydrogen (secondary N) is 2. The van der Waals surface area contributed by atoms with Crippen molar-refractivity contribution in [2.24, 2.45) is 5.41 Å². The molecule has 0 spiro atoms. The zero-order valence-electron chi connectivity index (χ0n) is 11.0. The van der Waals surface area contributed by atoms with Crippen LogP contribution in [0.1, 0.15) is 37.9 Å². The number of amides is 1. The predicted octanol–water partition coefficient (Wildman–Crippen LogP) is 0.774. The summed E-state index contributed by atoms with van der Waals surface area (Å²) in [6, 6.07) is 0. The van der Waals surface area contributed by atoms with Gasteiger partial charge in [-0.25, -0.2) is 0 Å². The number of hydrogen-bond donors (Lipinski definition) is 2. The maximum Gasteiger partial charge on any atom is 0.226 e. The number of carbonyl (C=O) groups excluding carboxylic acids is 1. The van der Waals surface area contributed by atoms with Crippen LogP contribution in [-0.4, -0.2) is 29.1 Å². The fourth-order valence-corrected chi connectivity index (χ4v) is 2.41. The Morgan fingerprint density at radius 1 is 1.50 bits per heavy atom. The molecule has 0 unspecified atom stereocenters. The van der Waals surface area contributed by atoms with Crippen LogP contribution in [0.25, 0.3) is 0 Å². The zero-order valence-corrected chi connectivity index (χ0v) is 11.0. The Balaban J connectivity index is 1.93. The minimum atomic E-state index is -0.232. The quantitative estimate of drug-likeness (QED) is 0.827. The number of nitrogens with zero attached hydrogens (tertiary/aromatic N) is 2. The SMILES string of the molecule is CCC1(C(=O)NCc2noc(C)n2)CCNCC1. The minimum Gasteiger partial charge on any atom is -0.348 e. The fourth-order valence-electron chi connectivity index (χ4n) is 2.41. The summed E-state index contributed by atoms with van der Waals surface area (Å²) in [5.41, 5.74) is -0.232. The lowest BCUT2D eigenvalue weighted by Gasteiger charge is -2.35. The highest BCUT2D eigenvalue weighted by atomic mass is 16.5. The van der Waals surface area contributed by atoms with Crippen LogP contribution in [0.15, 0.2) is 4.52 Å². The van der Waals surface area contributed by atoms with E-state index in [0.29, 0.717) is 18.3 Å². The van der Waals surface area contributed by atoms with Crippen molar-refractivity contribution in [3.05, 3.63) is 11.7 Å². The normalized spacial score (nSPS) is 18.6. The Bertz CT molecular complexity index is 410. The van der Waals surface area contributed by atoms with E-state index in [9.17, 15) is 4.79 Å². The molecule has 1 aromatic heterocycles. The molecule has 2 heterocycles. The molecule has 0 aliphatic carbocycles. The molecule has 1 amide bonds. The minimum absolute atomic E-state index is 0.106. The molecule has 0 aromatic carbocycles. The first kappa shape index (κ1) is 13.0. The Kier molecular flexibility index (Phi) is 3.96. The van der Waals surface area contributed by atoms with Gasteiger partial charge in [-0.2, -0.15) is 4.98 Å². The number of piperidine rings is 1. The number of carbonyl (C=O) groups is 1. The molecule has 0 bridgehead atoms. The van der Waals surface area contributed by atoms with Gasteiger partial charge in [-0.15, -0.1) is 0 Å². The summed E-state index contributed by atoms with van der Waals surface area (Å²) in [4.78, 5) is 16.4. The molecule has 6 nitrogen and oxygen atoms in total. The summed E-state index contributed by atoms with van der Waals surface area (Å²) >= 11 is 0. The van der Waals surface area contributed by atoms with Crippen molar-refractivity contribution in [2.75, 3.05) is 13.1 Å². The molecule has 100 valence electrons. The van der Waals surface area contributed by atoms with Gasteiger partial charge in [0, 0.05) is 6.92 Å². The van der Waals surface area contributed by atoms with Crippen molar-refractivity contribution in [1.82, 2.24) is 20.8 Å². The van der Waals surface area contributed by atoms with E-state index in [1.54, 1.807) is 6.92 Å². The van der Waals surface area contributed by atoms with Crippen LogP contribution in [0, 0.1) is 12.3 Å². The largest absolute Gasteiger partial charge is 0.348 e. The van der Waals surface area contributed by atoms with Crippen LogP contribution in [-0.2, 0) is 11.3 Å². The summed E-state index contributed by atoms with van der Waals surface area (Å²) in [6.07, 6.45) is 2.65. The molecule has 1 saturated heterocycles. The second-order valence-corrected chi connectivity index (χ2v) is 4.80. The number of hydrogen-bond acceptors (Lipinski definition) is 5. The summed E-state index contributed by atoms with van der Waals surface area (Å²) in [5, 5.41) is 9.98. The highest BCUT2D eigenvalue weighted by Gasteiger charge is 2.37. The van der Waals surface area contributed by atoms with Crippen LogP contribution in [0.2, 0.25) is 0 Å². The Morgan fingerprint density at radius 2 is 2.22 bits per heavy atom. The summed E-state index contributed by atoms with van der Waals surface area (Å²) in [6.45, 7) is 5.96. The van der Waals surface area contributed by atoms with Gasteiger partial charge in [-0.05, 0) is 32.4 Å². The molecule has 2 rings (SSSR count). The van der Waals surface area contributed by atoms with E-state index in [-0.39, 0.29) is 11.3 Å². The lowest BCUT2D eigenvalue weighted by molar-refractivity contribution is -0.133. The topological polar surface area (TPSA) is 80.1 Å². The third kappa shape index (κ3) is 2.69. The first-order chi connectivity index (χ1) is 8.66. The lowest BCUT2D eigenvalue weighted by Crippen LogP contribution is -2.47. The van der Waals surface area contributed by atoms with E-state index in [1.165, 1.54) is 0 Å². The van der Waals surface area contributed by atoms with Gasteiger partial charge in [-0.3, -0.25) is 4.79 Å². The van der Waals surface area contributed by atoms with Crippen molar-refractivity contribution < 1.29 is 9.32 Å². The molecule has 18 heavy (non-hydrogen) atoms. The van der Waals surface area contributed by atoms with E-state index >= 15 is 0 Å². The smallest absolute Gasteiger partial charge is 0.226 e. The van der Waals surface area contributed by atoms with Gasteiger partial charge < -0.3 is 15.2 Å². The van der Waals surface area contributed by atoms with Crippen LogP contribution in [0.5, 0.6) is 0 Å². The molecule has 1 aliphatic rings. The second kappa shape index (κ2) is 5.48. The Hall–Kier alpha value is -1.43. The zero-order chi connectivity index (χ0) is 13.0. The number of aromatic nitrogens is 2. The van der Waals surface area contributed by atoms with E-state index in [1.807, 2.05) is 0 Å². The highest BCUT2D eigenvalue weighted by Crippen LogP contribution is 2.32. The first-order valence-electron chi connectivity index (χ1n) is 6.44. The van der Waals surface area contributed by atoms with Gasteiger partial charge in [0.05, 0.1) is 12.0 Å². The predicted molar refractivity (Wildman–Crippen MR) is 65.7 cm³/mol. The fraction of sp³-hybridized carbons (Fsp3) is 0.750. The van der Waals surface area contributed by atoms with Crippen molar-refractivity contribution >= 4 is 5.91 Å². The molecule has 1 aliphatic heterocycles. The van der Waals surface area contributed by atoms with Gasteiger partial charge in [0.2, 0.25) is 11.8 Å². The lowest BCUT2D eigenvalue weighted by atomic mass is 9.76. The van der Waals surface area contributed by atoms with Gasteiger partial charge in [0.25, 0.3) is 0 Å². The van der Waals surface area contributed by atoms with E-state index in [2.05, 4.69) is 27.7 Å². The monoisotopic (exact) mass is 252 g/mol. The van der Waals surface area contributed by atoms with E-state index < -0.39 is 0 Å². The van der Waals surface area contributed by atoms with Crippen molar-refractivity contribution in [3.8, 4) is 0 Å². The van der Waals surface area contributed by atoms with Crippen LogP contribution in [0.3, 0.4) is 0 Å². The van der Waals surface area contributed by atoms with Crippen LogP contribution < -0.4 is 10.6 Å². The van der Waals surface area contributed by atoms with Crippen molar-refractivity contribution in [3.63, 3.8) is 0 Å². The van der Waals surface area contributed by atoms with Crippen LogP contribution in [0.4, 0.5) is 0 Å². The molecular weight excluding hydrogens is 232 g/mol. The third-order valence-corrected chi connectivity index (χ3v) is 3.70. The Morgan fingerprint density at radius 3 is 2.78 bits per heavy atom. The molecule has 1 fully saturated rings. The highest BCUT2D eigenvalue weighted by molar-refractivity contribution is 5.82. The number of rotatable bonds is 4. The van der Waals surface area contributed by atoms with Crippen molar-refractivity contribution in [2.45, 2.75) is 39.7 Å². The molecule has 0 radical (unpaired) electrons. The average Bonchev–Trinajstić information content (AvgIpc) is 2.82. The molecule has 2 N–H and O–H groups in total. The van der Waals surface area contributed by atoms with Gasteiger partial charge >= 0.3 is 0 Å². The number of aryl methyl sites for hydroxylation is 1. The summed E-state index contributed by atoms with van der Waals surface area (Å²) in [7, 11) is 0. The summed E-state index contributed by atoms with van der Waals surface area (Å²) < 4.78 is 4.87. The third-order valence-electron chi connectivity index (χ3n) is 3.70. The molecule has 0 saturated carbocycles. The standard InChI is InChI=1S/C12H20N4O2/c1-3-12(4-6-13-7-5-12)11(17)14-8-10-15-9(2)18-16-10/h13H,3-8H2,1-2H3,(H,14,17). The maximum absolute atomic E-state index is 12.3. The first-order valence-corrected chi connectivity index (χ1v) is 6.44. The van der Waals surface area contributed by atoms with Gasteiger partial charge in [0.1, 0.15) is 0 Å². The van der Waals surface area contributed by atoms with Crippen molar-refractivity contribution in [1.29, 1.82) is 0 Å². The van der Waals surface area contributed by atoms with Gasteiger partial charge in [-0.1, -0.05) is 12.1 Å². The van der Waals surface area contributed by atoms with Gasteiger partial charge in [0.15, 0.2) is 5.82 Å². The van der Waals surface area contributed by atoms with E-state index in [0.717, 1.165) is 32.4 Å². The molecule has 6 heteroatoms. The Labute approximate surface area is 107 Å². The average molecular weight is 252 g/mol.